The minimum absolute atomic E-state index is 0.0115. The first-order chi connectivity index (χ1) is 9.60. The molecule has 1 atom stereocenters. The van der Waals surface area contributed by atoms with E-state index in [2.05, 4.69) is 11.4 Å². The summed E-state index contributed by atoms with van der Waals surface area (Å²) in [4.78, 5) is 0. The third kappa shape index (κ3) is 3.57. The highest BCUT2D eigenvalue weighted by Gasteiger charge is 2.08. The van der Waals surface area contributed by atoms with Crippen LogP contribution in [0.4, 0.5) is 4.39 Å². The summed E-state index contributed by atoms with van der Waals surface area (Å²) >= 11 is 5.67. The second-order valence-electron chi connectivity index (χ2n) is 4.58. The molecule has 1 unspecified atom stereocenters. The molecule has 20 heavy (non-hydrogen) atoms. The Kier molecular flexibility index (Phi) is 4.73. The van der Waals surface area contributed by atoms with Crippen molar-refractivity contribution in [3.05, 3.63) is 70.0 Å². The molecule has 2 aromatic carbocycles. The molecule has 0 amide bonds. The number of rotatable bonds is 4. The summed E-state index contributed by atoms with van der Waals surface area (Å²) < 4.78 is 13.4. The van der Waals surface area contributed by atoms with E-state index in [-0.39, 0.29) is 11.1 Å². The zero-order chi connectivity index (χ0) is 14.5. The van der Waals surface area contributed by atoms with E-state index in [0.29, 0.717) is 12.1 Å². The van der Waals surface area contributed by atoms with Crippen molar-refractivity contribution in [2.45, 2.75) is 19.5 Å². The molecular formula is C16H14ClFN2. The molecule has 0 radical (unpaired) electrons. The Hall–Kier alpha value is -1.89. The van der Waals surface area contributed by atoms with Gasteiger partial charge in [-0.3, -0.25) is 0 Å². The van der Waals surface area contributed by atoms with Crippen LogP contribution in [0.25, 0.3) is 0 Å². The first-order valence-corrected chi connectivity index (χ1v) is 6.65. The Morgan fingerprint density at radius 2 is 1.95 bits per heavy atom. The molecule has 1 N–H and O–H groups in total. The second-order valence-corrected chi connectivity index (χ2v) is 4.99. The lowest BCUT2D eigenvalue weighted by Gasteiger charge is -2.14. The Morgan fingerprint density at radius 1 is 1.25 bits per heavy atom. The maximum Gasteiger partial charge on any atom is 0.142 e. The van der Waals surface area contributed by atoms with Gasteiger partial charge in [-0.2, -0.15) is 5.26 Å². The van der Waals surface area contributed by atoms with Crippen LogP contribution in [0.5, 0.6) is 0 Å². The molecular weight excluding hydrogens is 275 g/mol. The van der Waals surface area contributed by atoms with Crippen molar-refractivity contribution in [2.75, 3.05) is 0 Å². The maximum atomic E-state index is 13.4. The molecule has 0 aliphatic rings. The highest BCUT2D eigenvalue weighted by Crippen LogP contribution is 2.20. The Labute approximate surface area is 122 Å². The summed E-state index contributed by atoms with van der Waals surface area (Å²) in [7, 11) is 0. The summed E-state index contributed by atoms with van der Waals surface area (Å²) in [5.74, 6) is -0.406. The van der Waals surface area contributed by atoms with Gasteiger partial charge in [0.2, 0.25) is 0 Å². The first-order valence-electron chi connectivity index (χ1n) is 6.27. The zero-order valence-corrected chi connectivity index (χ0v) is 11.8. The predicted octanol–water partition coefficient (Wildman–Crippen LogP) is 4.20. The Balaban J connectivity index is 1.99. The molecule has 0 spiro atoms. The molecule has 0 aromatic heterocycles. The van der Waals surface area contributed by atoms with Crippen molar-refractivity contribution in [1.82, 2.24) is 5.32 Å². The van der Waals surface area contributed by atoms with E-state index in [1.165, 1.54) is 6.07 Å². The molecule has 102 valence electrons. The number of hydrogen-bond acceptors (Lipinski definition) is 2. The van der Waals surface area contributed by atoms with Gasteiger partial charge in [-0.1, -0.05) is 29.8 Å². The maximum absolute atomic E-state index is 13.4. The van der Waals surface area contributed by atoms with Gasteiger partial charge >= 0.3 is 0 Å². The van der Waals surface area contributed by atoms with Gasteiger partial charge in [0.25, 0.3) is 0 Å². The smallest absolute Gasteiger partial charge is 0.142 e. The van der Waals surface area contributed by atoms with Crippen LogP contribution in [0, 0.1) is 17.1 Å². The van der Waals surface area contributed by atoms with Gasteiger partial charge in [0.1, 0.15) is 5.82 Å². The van der Waals surface area contributed by atoms with Gasteiger partial charge in [-0.05, 0) is 42.3 Å². The lowest BCUT2D eigenvalue weighted by Crippen LogP contribution is -2.18. The summed E-state index contributed by atoms with van der Waals surface area (Å²) in [6.07, 6.45) is 0. The lowest BCUT2D eigenvalue weighted by atomic mass is 10.1. The molecule has 4 heteroatoms. The first kappa shape index (κ1) is 14.5. The molecule has 0 heterocycles. The highest BCUT2D eigenvalue weighted by atomic mass is 35.5. The molecule has 2 nitrogen and oxygen atoms in total. The van der Waals surface area contributed by atoms with Crippen LogP contribution in [-0.2, 0) is 6.54 Å². The number of benzene rings is 2. The van der Waals surface area contributed by atoms with E-state index in [1.54, 1.807) is 18.2 Å². The number of nitrogens with one attached hydrogen (secondary N) is 1. The normalized spacial score (nSPS) is 11.9. The fraction of sp³-hybridized carbons (Fsp3) is 0.188. The Bertz CT molecular complexity index is 632. The summed E-state index contributed by atoms with van der Waals surface area (Å²) in [6.45, 7) is 2.61. The minimum Gasteiger partial charge on any atom is -0.306 e. The summed E-state index contributed by atoms with van der Waals surface area (Å²) in [6, 6.07) is 14.3. The van der Waals surface area contributed by atoms with E-state index in [4.69, 9.17) is 16.9 Å². The molecule has 0 bridgehead atoms. The largest absolute Gasteiger partial charge is 0.306 e. The van der Waals surface area contributed by atoms with Crippen molar-refractivity contribution >= 4 is 11.6 Å². The molecule has 0 saturated heterocycles. The van der Waals surface area contributed by atoms with Gasteiger partial charge in [0, 0.05) is 12.6 Å². The molecule has 2 rings (SSSR count). The average molecular weight is 289 g/mol. The van der Waals surface area contributed by atoms with Crippen LogP contribution in [0.1, 0.15) is 29.7 Å². The van der Waals surface area contributed by atoms with Crippen LogP contribution >= 0.6 is 11.6 Å². The summed E-state index contributed by atoms with van der Waals surface area (Å²) in [5.41, 5.74) is 2.56. The fourth-order valence-electron chi connectivity index (χ4n) is 1.87. The number of hydrogen-bond donors (Lipinski definition) is 1. The van der Waals surface area contributed by atoms with Gasteiger partial charge in [0.15, 0.2) is 0 Å². The van der Waals surface area contributed by atoms with Gasteiger partial charge in [0.05, 0.1) is 16.7 Å². The third-order valence-corrected chi connectivity index (χ3v) is 3.45. The lowest BCUT2D eigenvalue weighted by molar-refractivity contribution is 0.565. The predicted molar refractivity (Wildman–Crippen MR) is 77.8 cm³/mol. The molecule has 0 aliphatic carbocycles. The van der Waals surface area contributed by atoms with Crippen molar-refractivity contribution < 1.29 is 4.39 Å². The highest BCUT2D eigenvalue weighted by molar-refractivity contribution is 6.30. The molecule has 0 saturated carbocycles. The van der Waals surface area contributed by atoms with Crippen LogP contribution in [0.15, 0.2) is 42.5 Å². The van der Waals surface area contributed by atoms with E-state index < -0.39 is 5.82 Å². The van der Waals surface area contributed by atoms with Crippen molar-refractivity contribution in [3.8, 4) is 6.07 Å². The second kappa shape index (κ2) is 6.51. The fourth-order valence-corrected chi connectivity index (χ4v) is 1.99. The minimum atomic E-state index is -0.406. The molecule has 2 aromatic rings. The third-order valence-electron chi connectivity index (χ3n) is 3.14. The van der Waals surface area contributed by atoms with Crippen LogP contribution in [0.3, 0.4) is 0 Å². The SMILES string of the molecule is CC(NCc1ccc(C#N)cc1)c1ccc(Cl)c(F)c1. The molecule has 0 aliphatic heterocycles. The van der Waals surface area contributed by atoms with Crippen LogP contribution < -0.4 is 5.32 Å². The van der Waals surface area contributed by atoms with Crippen molar-refractivity contribution in [1.29, 1.82) is 5.26 Å². The number of nitrogens with zero attached hydrogens (tertiary/aromatic N) is 1. The van der Waals surface area contributed by atoms with Gasteiger partial charge in [-0.15, -0.1) is 0 Å². The van der Waals surface area contributed by atoms with Crippen LogP contribution in [-0.4, -0.2) is 0 Å². The van der Waals surface area contributed by atoms with Crippen molar-refractivity contribution in [3.63, 3.8) is 0 Å². The monoisotopic (exact) mass is 288 g/mol. The quantitative estimate of drug-likeness (QED) is 0.915. The number of halogens is 2. The Morgan fingerprint density at radius 3 is 2.55 bits per heavy atom. The van der Waals surface area contributed by atoms with Crippen LogP contribution in [0.2, 0.25) is 5.02 Å². The molecule has 0 fully saturated rings. The van der Waals surface area contributed by atoms with E-state index >= 15 is 0 Å². The van der Waals surface area contributed by atoms with Gasteiger partial charge in [-0.25, -0.2) is 4.39 Å². The summed E-state index contributed by atoms with van der Waals surface area (Å²) in [5, 5.41) is 12.2. The number of nitriles is 1. The van der Waals surface area contributed by atoms with E-state index in [9.17, 15) is 4.39 Å². The average Bonchev–Trinajstić information content (AvgIpc) is 2.48. The van der Waals surface area contributed by atoms with Crippen molar-refractivity contribution in [2.24, 2.45) is 0 Å². The van der Waals surface area contributed by atoms with E-state index in [1.807, 2.05) is 25.1 Å². The van der Waals surface area contributed by atoms with Gasteiger partial charge < -0.3 is 5.32 Å². The van der Waals surface area contributed by atoms with E-state index in [0.717, 1.165) is 11.1 Å². The topological polar surface area (TPSA) is 35.8 Å². The standard InChI is InChI=1S/C16H14ClFN2/c1-11(14-6-7-15(17)16(18)8-14)20-10-13-4-2-12(9-19)3-5-13/h2-8,11,20H,10H2,1H3. The zero-order valence-electron chi connectivity index (χ0n) is 11.0.